The first-order valence-electron chi connectivity index (χ1n) is 6.68. The summed E-state index contributed by atoms with van der Waals surface area (Å²) >= 11 is 0. The molecule has 0 radical (unpaired) electrons. The van der Waals surface area contributed by atoms with Gasteiger partial charge in [-0.2, -0.15) is 17.4 Å². The van der Waals surface area contributed by atoms with Crippen molar-refractivity contribution in [1.82, 2.24) is 9.03 Å². The molecule has 2 atom stereocenters. The molecular weight excluding hydrogens is 312 g/mol. The predicted octanol–water partition coefficient (Wildman–Crippen LogP) is 0.652. The van der Waals surface area contributed by atoms with E-state index in [2.05, 4.69) is 4.72 Å². The van der Waals surface area contributed by atoms with Gasteiger partial charge in [0.15, 0.2) is 0 Å². The molecule has 1 aliphatic rings. The third kappa shape index (κ3) is 4.33. The van der Waals surface area contributed by atoms with Crippen LogP contribution in [0.3, 0.4) is 0 Å². The molecule has 0 spiro atoms. The van der Waals surface area contributed by atoms with E-state index in [1.54, 1.807) is 37.4 Å². The molecule has 8 heteroatoms. The molecule has 0 aliphatic carbocycles. The first-order valence-corrected chi connectivity index (χ1v) is 9.68. The van der Waals surface area contributed by atoms with Crippen molar-refractivity contribution in [3.05, 3.63) is 29.8 Å². The Kier molecular flexibility index (Phi) is 5.50. The maximum absolute atomic E-state index is 12.3. The highest BCUT2D eigenvalue weighted by molar-refractivity contribution is 7.87. The Labute approximate surface area is 128 Å². The fourth-order valence-corrected chi connectivity index (χ4v) is 3.98. The van der Waals surface area contributed by atoms with E-state index in [1.165, 1.54) is 4.31 Å². The van der Waals surface area contributed by atoms with E-state index in [0.29, 0.717) is 26.3 Å². The average molecular weight is 332 g/mol. The predicted molar refractivity (Wildman–Crippen MR) is 81.6 cm³/mol. The highest BCUT2D eigenvalue weighted by Crippen LogP contribution is 2.17. The molecule has 0 unspecified atom stereocenters. The summed E-state index contributed by atoms with van der Waals surface area (Å²) in [4.78, 5) is 0.724. The molecule has 1 N–H and O–H groups in total. The van der Waals surface area contributed by atoms with Crippen LogP contribution in [0.4, 0.5) is 0 Å². The monoisotopic (exact) mass is 332 g/mol. The van der Waals surface area contributed by atoms with Crippen molar-refractivity contribution in [2.75, 3.05) is 32.6 Å². The lowest BCUT2D eigenvalue weighted by atomic mass is 10.1. The fourth-order valence-electron chi connectivity index (χ4n) is 2.10. The zero-order valence-corrected chi connectivity index (χ0v) is 13.7. The molecular formula is C13H20N2O4S2. The number of ether oxygens (including phenoxy) is 1. The molecule has 0 aromatic heterocycles. The van der Waals surface area contributed by atoms with Crippen LogP contribution in [0.2, 0.25) is 0 Å². The SMILES string of the molecule is C[C@@H](NS(=O)(=O)N1CCOCC1)c1ccc([S@](C)=O)cc1. The van der Waals surface area contributed by atoms with E-state index in [4.69, 9.17) is 4.74 Å². The lowest BCUT2D eigenvalue weighted by Gasteiger charge is -2.27. The standard InChI is InChI=1S/C13H20N2O4S2/c1-11(12-3-5-13(6-4-12)20(2)16)14-21(17,18)15-7-9-19-10-8-15/h3-6,11,14H,7-10H2,1-2H3/t11-,20+/m1/s1. The van der Waals surface area contributed by atoms with Crippen LogP contribution in [0, 0.1) is 0 Å². The minimum atomic E-state index is -3.51. The molecule has 6 nitrogen and oxygen atoms in total. The summed E-state index contributed by atoms with van der Waals surface area (Å²) in [6.07, 6.45) is 1.61. The summed E-state index contributed by atoms with van der Waals surface area (Å²) in [5, 5.41) is 0. The minimum Gasteiger partial charge on any atom is -0.379 e. The lowest BCUT2D eigenvalue weighted by Crippen LogP contribution is -2.47. The van der Waals surface area contributed by atoms with Gasteiger partial charge in [-0.1, -0.05) is 12.1 Å². The van der Waals surface area contributed by atoms with E-state index < -0.39 is 21.0 Å². The second-order valence-corrected chi connectivity index (χ2v) is 7.96. The normalized spacial score (nSPS) is 20.1. The van der Waals surface area contributed by atoms with Crippen LogP contribution in [0.1, 0.15) is 18.5 Å². The third-order valence-electron chi connectivity index (χ3n) is 3.35. The summed E-state index contributed by atoms with van der Waals surface area (Å²) < 4.78 is 45.1. The third-order valence-corrected chi connectivity index (χ3v) is 5.98. The Morgan fingerprint density at radius 2 is 1.81 bits per heavy atom. The molecule has 21 heavy (non-hydrogen) atoms. The van der Waals surface area contributed by atoms with Gasteiger partial charge < -0.3 is 4.74 Å². The quantitative estimate of drug-likeness (QED) is 0.859. The van der Waals surface area contributed by atoms with Crippen molar-refractivity contribution in [2.45, 2.75) is 17.9 Å². The summed E-state index contributed by atoms with van der Waals surface area (Å²) in [6, 6.07) is 6.75. The van der Waals surface area contributed by atoms with E-state index in [1.807, 2.05) is 0 Å². The molecule has 118 valence electrons. The molecule has 1 fully saturated rings. The van der Waals surface area contributed by atoms with Gasteiger partial charge in [0.2, 0.25) is 0 Å². The summed E-state index contributed by atoms with van der Waals surface area (Å²) in [7, 11) is -4.55. The summed E-state index contributed by atoms with van der Waals surface area (Å²) in [5.74, 6) is 0. The molecule has 1 aromatic carbocycles. The lowest BCUT2D eigenvalue weighted by molar-refractivity contribution is 0.0723. The van der Waals surface area contributed by atoms with Crippen LogP contribution in [0.5, 0.6) is 0 Å². The molecule has 1 aromatic rings. The van der Waals surface area contributed by atoms with Gasteiger partial charge in [0.1, 0.15) is 0 Å². The highest BCUT2D eigenvalue weighted by atomic mass is 32.2. The summed E-state index contributed by atoms with van der Waals surface area (Å²) in [5.41, 5.74) is 0.834. The van der Waals surface area contributed by atoms with Gasteiger partial charge in [0.05, 0.1) is 13.2 Å². The van der Waals surface area contributed by atoms with Crippen LogP contribution < -0.4 is 4.72 Å². The second kappa shape index (κ2) is 6.97. The fraction of sp³-hybridized carbons (Fsp3) is 0.538. The topological polar surface area (TPSA) is 75.7 Å². The Hall–Kier alpha value is -0.800. The van der Waals surface area contributed by atoms with Gasteiger partial charge >= 0.3 is 0 Å². The Bertz CT molecular complexity index is 595. The maximum atomic E-state index is 12.3. The summed E-state index contributed by atoms with van der Waals surface area (Å²) in [6.45, 7) is 3.38. The maximum Gasteiger partial charge on any atom is 0.280 e. The van der Waals surface area contributed by atoms with Gasteiger partial charge in [0.25, 0.3) is 10.2 Å². The van der Waals surface area contributed by atoms with Gasteiger partial charge in [0, 0.05) is 41.1 Å². The molecule has 0 saturated carbocycles. The van der Waals surface area contributed by atoms with Crippen molar-refractivity contribution in [2.24, 2.45) is 0 Å². The van der Waals surface area contributed by atoms with Crippen LogP contribution >= 0.6 is 0 Å². The Morgan fingerprint density at radius 1 is 1.24 bits per heavy atom. The zero-order chi connectivity index (χ0) is 15.5. The van der Waals surface area contributed by atoms with E-state index in [0.717, 1.165) is 10.5 Å². The number of morpholine rings is 1. The van der Waals surface area contributed by atoms with Gasteiger partial charge in [-0.25, -0.2) is 0 Å². The minimum absolute atomic E-state index is 0.350. The van der Waals surface area contributed by atoms with E-state index in [-0.39, 0.29) is 6.04 Å². The molecule has 0 bridgehead atoms. The van der Waals surface area contributed by atoms with Crippen molar-refractivity contribution in [3.8, 4) is 0 Å². The number of benzene rings is 1. The Morgan fingerprint density at radius 3 is 2.33 bits per heavy atom. The van der Waals surface area contributed by atoms with Gasteiger partial charge in [-0.3, -0.25) is 4.21 Å². The second-order valence-electron chi connectivity index (χ2n) is 4.88. The number of nitrogens with zero attached hydrogens (tertiary/aromatic N) is 1. The van der Waals surface area contributed by atoms with Crippen LogP contribution in [0.15, 0.2) is 29.2 Å². The van der Waals surface area contributed by atoms with E-state index in [9.17, 15) is 12.6 Å². The van der Waals surface area contributed by atoms with Crippen LogP contribution in [-0.2, 0) is 25.7 Å². The van der Waals surface area contributed by atoms with Crippen LogP contribution in [0.25, 0.3) is 0 Å². The zero-order valence-electron chi connectivity index (χ0n) is 12.1. The van der Waals surface area contributed by atoms with Crippen molar-refractivity contribution >= 4 is 21.0 Å². The molecule has 0 amide bonds. The smallest absolute Gasteiger partial charge is 0.280 e. The first-order chi connectivity index (χ1) is 9.90. The van der Waals surface area contributed by atoms with E-state index >= 15 is 0 Å². The van der Waals surface area contributed by atoms with Crippen molar-refractivity contribution in [1.29, 1.82) is 0 Å². The first kappa shape index (κ1) is 16.6. The van der Waals surface area contributed by atoms with Crippen LogP contribution in [-0.4, -0.2) is 49.5 Å². The number of hydrogen-bond donors (Lipinski definition) is 1. The van der Waals surface area contributed by atoms with Crippen molar-refractivity contribution in [3.63, 3.8) is 0 Å². The molecule has 1 aliphatic heterocycles. The average Bonchev–Trinajstić information content (AvgIpc) is 2.48. The molecule has 2 rings (SSSR count). The Balaban J connectivity index is 2.05. The highest BCUT2D eigenvalue weighted by Gasteiger charge is 2.26. The van der Waals surface area contributed by atoms with Gasteiger partial charge in [-0.05, 0) is 24.6 Å². The number of rotatable bonds is 5. The van der Waals surface area contributed by atoms with Gasteiger partial charge in [-0.15, -0.1) is 0 Å². The largest absolute Gasteiger partial charge is 0.379 e. The number of nitrogens with one attached hydrogen (secondary N) is 1. The molecule has 1 heterocycles. The molecule has 1 saturated heterocycles. The number of hydrogen-bond acceptors (Lipinski definition) is 4. The van der Waals surface area contributed by atoms with Crippen molar-refractivity contribution < 1.29 is 17.4 Å².